The van der Waals surface area contributed by atoms with Gasteiger partial charge in [0, 0.05) is 16.9 Å². The van der Waals surface area contributed by atoms with Gasteiger partial charge >= 0.3 is 0 Å². The van der Waals surface area contributed by atoms with E-state index in [2.05, 4.69) is 36.4 Å². The zero-order chi connectivity index (χ0) is 23.0. The van der Waals surface area contributed by atoms with E-state index >= 15 is 0 Å². The number of carbonyl (C=O) groups is 2. The largest absolute Gasteiger partial charge is 0.469 e. The van der Waals surface area contributed by atoms with Crippen molar-refractivity contribution in [1.29, 1.82) is 0 Å². The number of nitrogens with one attached hydrogen (secondary N) is 2. The topological polar surface area (TPSA) is 102 Å². The summed E-state index contributed by atoms with van der Waals surface area (Å²) in [5.41, 5.74) is 1.53. The Morgan fingerprint density at radius 1 is 1.16 bits per heavy atom. The van der Waals surface area contributed by atoms with E-state index in [0.717, 1.165) is 5.69 Å². The highest BCUT2D eigenvalue weighted by molar-refractivity contribution is 7.14. The van der Waals surface area contributed by atoms with Crippen LogP contribution in [0.2, 0.25) is 0 Å². The van der Waals surface area contributed by atoms with Crippen LogP contribution in [0.3, 0.4) is 0 Å². The molecule has 0 unspecified atom stereocenters. The number of rotatable bonds is 5. The lowest BCUT2D eigenvalue weighted by molar-refractivity contribution is -0.115. The van der Waals surface area contributed by atoms with Crippen molar-refractivity contribution in [2.45, 2.75) is 65.8 Å². The molecular weight excluding hydrogens is 414 g/mol. The summed E-state index contributed by atoms with van der Waals surface area (Å²) >= 11 is 1.27. The highest BCUT2D eigenvalue weighted by Gasteiger charge is 2.26. The van der Waals surface area contributed by atoms with Crippen LogP contribution in [0.4, 0.5) is 10.9 Å². The minimum absolute atomic E-state index is 0.0945. The van der Waals surface area contributed by atoms with Gasteiger partial charge in [-0.3, -0.25) is 14.9 Å². The summed E-state index contributed by atoms with van der Waals surface area (Å²) in [7, 11) is 0. The summed E-state index contributed by atoms with van der Waals surface area (Å²) in [6.45, 7) is 14.1. The molecule has 0 spiro atoms. The van der Waals surface area contributed by atoms with Crippen LogP contribution in [0.1, 0.15) is 69.0 Å². The van der Waals surface area contributed by atoms with Crippen LogP contribution in [-0.4, -0.2) is 26.6 Å². The number of anilines is 2. The van der Waals surface area contributed by atoms with Gasteiger partial charge in [0.15, 0.2) is 5.13 Å². The second-order valence-electron chi connectivity index (χ2n) is 9.46. The molecule has 0 aliphatic carbocycles. The lowest BCUT2D eigenvalue weighted by atomic mass is 9.92. The predicted octanol–water partition coefficient (Wildman–Crippen LogP) is 4.73. The van der Waals surface area contributed by atoms with Gasteiger partial charge in [0.05, 0.1) is 35.2 Å². The molecule has 31 heavy (non-hydrogen) atoms. The van der Waals surface area contributed by atoms with Crippen LogP contribution in [0, 0.1) is 6.92 Å². The van der Waals surface area contributed by atoms with Crippen LogP contribution in [0.15, 0.2) is 28.2 Å². The zero-order valence-corrected chi connectivity index (χ0v) is 19.8. The number of hydrogen-bond acceptors (Lipinski definition) is 6. The minimum Gasteiger partial charge on any atom is -0.469 e. The fourth-order valence-electron chi connectivity index (χ4n) is 2.93. The Hall–Kier alpha value is -2.94. The number of hydrogen-bond donors (Lipinski definition) is 2. The van der Waals surface area contributed by atoms with Gasteiger partial charge in [-0.1, -0.05) is 20.8 Å². The van der Waals surface area contributed by atoms with Crippen LogP contribution in [-0.2, 0) is 22.2 Å². The SMILES string of the molecule is Cc1occc1C(=O)Nc1nc(CC(=O)Nc2cc(C(C)(C)C)nn2C(C)(C)C)cs1. The molecule has 3 aromatic rings. The van der Waals surface area contributed by atoms with Crippen molar-refractivity contribution in [3.63, 3.8) is 0 Å². The van der Waals surface area contributed by atoms with E-state index in [1.54, 1.807) is 18.4 Å². The van der Waals surface area contributed by atoms with E-state index < -0.39 is 0 Å². The third kappa shape index (κ3) is 5.41. The molecule has 3 aromatic heterocycles. The van der Waals surface area contributed by atoms with Crippen molar-refractivity contribution in [3.8, 4) is 0 Å². The van der Waals surface area contributed by atoms with Crippen molar-refractivity contribution in [2.24, 2.45) is 0 Å². The van der Waals surface area contributed by atoms with Gasteiger partial charge < -0.3 is 9.73 Å². The van der Waals surface area contributed by atoms with Crippen LogP contribution < -0.4 is 10.6 Å². The van der Waals surface area contributed by atoms with Crippen LogP contribution in [0.25, 0.3) is 0 Å². The highest BCUT2D eigenvalue weighted by atomic mass is 32.1. The smallest absolute Gasteiger partial charge is 0.260 e. The molecule has 0 fully saturated rings. The Bertz CT molecular complexity index is 1100. The van der Waals surface area contributed by atoms with Gasteiger partial charge in [0.25, 0.3) is 5.91 Å². The van der Waals surface area contributed by atoms with Crippen molar-refractivity contribution in [3.05, 3.63) is 46.5 Å². The fraction of sp³-hybridized carbons (Fsp3) is 0.455. The number of carbonyl (C=O) groups excluding carboxylic acids is 2. The Kier molecular flexibility index (Phi) is 6.09. The van der Waals surface area contributed by atoms with E-state index in [1.807, 2.05) is 31.5 Å². The Morgan fingerprint density at radius 2 is 1.87 bits per heavy atom. The summed E-state index contributed by atoms with van der Waals surface area (Å²) < 4.78 is 6.99. The van der Waals surface area contributed by atoms with Crippen molar-refractivity contribution in [2.75, 3.05) is 10.6 Å². The standard InChI is InChI=1S/C22H29N5O3S/c1-13-15(8-9-30-13)19(29)25-20-23-14(12-31-20)10-18(28)24-17-11-16(21(2,3)4)26-27(17)22(5,6)7/h8-9,11-12H,10H2,1-7H3,(H,24,28)(H,23,25,29). The van der Waals surface area contributed by atoms with Crippen LogP contribution >= 0.6 is 11.3 Å². The van der Waals surface area contributed by atoms with Gasteiger partial charge in [0.2, 0.25) is 5.91 Å². The highest BCUT2D eigenvalue weighted by Crippen LogP contribution is 2.28. The molecule has 0 aliphatic rings. The first kappa shape index (κ1) is 22.7. The Morgan fingerprint density at radius 3 is 2.45 bits per heavy atom. The predicted molar refractivity (Wildman–Crippen MR) is 122 cm³/mol. The third-order valence-electron chi connectivity index (χ3n) is 4.60. The van der Waals surface area contributed by atoms with E-state index in [-0.39, 0.29) is 29.2 Å². The maximum atomic E-state index is 12.7. The number of aryl methyl sites for hydroxylation is 1. The molecule has 0 aliphatic heterocycles. The molecule has 3 rings (SSSR count). The number of aromatic nitrogens is 3. The fourth-order valence-corrected chi connectivity index (χ4v) is 3.64. The van der Waals surface area contributed by atoms with Gasteiger partial charge in [-0.05, 0) is 33.8 Å². The molecule has 166 valence electrons. The number of amides is 2. The molecule has 3 heterocycles. The lowest BCUT2D eigenvalue weighted by Crippen LogP contribution is -2.27. The first-order valence-electron chi connectivity index (χ1n) is 10.1. The quantitative estimate of drug-likeness (QED) is 0.594. The van der Waals surface area contributed by atoms with Crippen molar-refractivity contribution < 1.29 is 14.0 Å². The first-order chi connectivity index (χ1) is 14.3. The molecule has 0 aromatic carbocycles. The second kappa shape index (κ2) is 8.30. The number of thiazole rings is 1. The van der Waals surface area contributed by atoms with Gasteiger partial charge in [-0.25, -0.2) is 9.67 Å². The average Bonchev–Trinajstić information content (AvgIpc) is 3.33. The first-order valence-corrected chi connectivity index (χ1v) is 10.9. The van der Waals surface area contributed by atoms with Crippen molar-refractivity contribution >= 4 is 34.1 Å². The third-order valence-corrected chi connectivity index (χ3v) is 5.40. The molecule has 0 atom stereocenters. The second-order valence-corrected chi connectivity index (χ2v) is 10.3. The lowest BCUT2D eigenvalue weighted by Gasteiger charge is -2.23. The molecular formula is C22H29N5O3S. The van der Waals surface area contributed by atoms with E-state index in [4.69, 9.17) is 9.52 Å². The average molecular weight is 444 g/mol. The maximum absolute atomic E-state index is 12.7. The molecule has 8 nitrogen and oxygen atoms in total. The molecule has 2 N–H and O–H groups in total. The van der Waals surface area contributed by atoms with Gasteiger partial charge in [0.1, 0.15) is 11.6 Å². The molecule has 0 bridgehead atoms. The monoisotopic (exact) mass is 443 g/mol. The van der Waals surface area contributed by atoms with E-state index in [0.29, 0.717) is 28.0 Å². The normalized spacial score (nSPS) is 12.1. The number of nitrogens with zero attached hydrogens (tertiary/aromatic N) is 3. The minimum atomic E-state index is -0.291. The van der Waals surface area contributed by atoms with Crippen LogP contribution in [0.5, 0.6) is 0 Å². The summed E-state index contributed by atoms with van der Waals surface area (Å²) in [6.07, 6.45) is 1.56. The Labute approximate surface area is 186 Å². The summed E-state index contributed by atoms with van der Waals surface area (Å²) in [6, 6.07) is 3.53. The summed E-state index contributed by atoms with van der Waals surface area (Å²) in [5.74, 6) is 0.709. The van der Waals surface area contributed by atoms with E-state index in [9.17, 15) is 9.59 Å². The van der Waals surface area contributed by atoms with Gasteiger partial charge in [-0.15, -0.1) is 11.3 Å². The number of furan rings is 1. The van der Waals surface area contributed by atoms with E-state index in [1.165, 1.54) is 17.6 Å². The molecule has 0 saturated heterocycles. The van der Waals surface area contributed by atoms with Crippen molar-refractivity contribution in [1.82, 2.24) is 14.8 Å². The Balaban J connectivity index is 1.69. The summed E-state index contributed by atoms with van der Waals surface area (Å²) in [4.78, 5) is 29.3. The molecule has 2 amide bonds. The molecule has 0 saturated carbocycles. The zero-order valence-electron chi connectivity index (χ0n) is 19.0. The molecule has 0 radical (unpaired) electrons. The molecule has 9 heteroatoms. The summed E-state index contributed by atoms with van der Waals surface area (Å²) in [5, 5.41) is 12.6. The van der Waals surface area contributed by atoms with Gasteiger partial charge in [-0.2, -0.15) is 5.10 Å². The maximum Gasteiger partial charge on any atom is 0.260 e.